The summed E-state index contributed by atoms with van der Waals surface area (Å²) < 4.78 is 0. The minimum Gasteiger partial charge on any atom is -0.352 e. The van der Waals surface area contributed by atoms with Gasteiger partial charge in [0.15, 0.2) is 0 Å². The number of rotatable bonds is 7. The van der Waals surface area contributed by atoms with Crippen molar-refractivity contribution in [3.63, 3.8) is 0 Å². The highest BCUT2D eigenvalue weighted by Crippen LogP contribution is 2.12. The fourth-order valence-electron chi connectivity index (χ4n) is 2.09. The lowest BCUT2D eigenvalue weighted by atomic mass is 10.2. The molecule has 1 heterocycles. The molecule has 0 aliphatic carbocycles. The van der Waals surface area contributed by atoms with Crippen molar-refractivity contribution in [1.29, 1.82) is 0 Å². The summed E-state index contributed by atoms with van der Waals surface area (Å²) in [4.78, 5) is 27.7. The van der Waals surface area contributed by atoms with Gasteiger partial charge in [0.25, 0.3) is 5.91 Å². The third-order valence-corrected chi connectivity index (χ3v) is 3.36. The number of carbonyl (C=O) groups excluding carboxylic acids is 2. The normalized spacial score (nSPS) is 10.1. The second kappa shape index (κ2) is 8.68. The largest absolute Gasteiger partial charge is 0.352 e. The van der Waals surface area contributed by atoms with E-state index in [1.165, 1.54) is 6.20 Å². The fraction of sp³-hybridized carbons (Fsp3) is 0.278. The summed E-state index contributed by atoms with van der Waals surface area (Å²) in [7, 11) is 0. The molecular formula is C18H21N3O2. The van der Waals surface area contributed by atoms with E-state index in [0.29, 0.717) is 24.2 Å². The third-order valence-electron chi connectivity index (χ3n) is 3.36. The van der Waals surface area contributed by atoms with Gasteiger partial charge in [0.2, 0.25) is 5.91 Å². The van der Waals surface area contributed by atoms with Crippen molar-refractivity contribution in [3.8, 4) is 0 Å². The Balaban J connectivity index is 1.92. The van der Waals surface area contributed by atoms with Gasteiger partial charge in [0.05, 0.1) is 5.56 Å². The molecule has 2 N–H and O–H groups in total. The van der Waals surface area contributed by atoms with E-state index in [2.05, 4.69) is 22.5 Å². The Kier molecular flexibility index (Phi) is 6.29. The first-order valence-electron chi connectivity index (χ1n) is 7.76. The van der Waals surface area contributed by atoms with Crippen LogP contribution in [0.3, 0.4) is 0 Å². The number of pyridine rings is 1. The van der Waals surface area contributed by atoms with Gasteiger partial charge in [0.1, 0.15) is 0 Å². The minimum absolute atomic E-state index is 0.0525. The minimum atomic E-state index is -0.206. The first-order valence-corrected chi connectivity index (χ1v) is 7.76. The van der Waals surface area contributed by atoms with Crippen LogP contribution in [0.1, 0.15) is 42.1 Å². The maximum absolute atomic E-state index is 12.1. The summed E-state index contributed by atoms with van der Waals surface area (Å²) in [6.07, 6.45) is 5.59. The first-order chi connectivity index (χ1) is 11.2. The topological polar surface area (TPSA) is 71.1 Å². The lowest BCUT2D eigenvalue weighted by Gasteiger charge is -2.08. The van der Waals surface area contributed by atoms with Gasteiger partial charge in [0, 0.05) is 31.0 Å². The van der Waals surface area contributed by atoms with Crippen LogP contribution >= 0.6 is 0 Å². The number of amides is 2. The number of nitrogens with one attached hydrogen (secondary N) is 2. The molecule has 0 radical (unpaired) electrons. The van der Waals surface area contributed by atoms with Gasteiger partial charge in [-0.2, -0.15) is 0 Å². The zero-order valence-corrected chi connectivity index (χ0v) is 13.2. The lowest BCUT2D eigenvalue weighted by Crippen LogP contribution is -2.22. The van der Waals surface area contributed by atoms with Gasteiger partial charge in [-0.05, 0) is 36.2 Å². The Labute approximate surface area is 136 Å². The summed E-state index contributed by atoms with van der Waals surface area (Å²) >= 11 is 0. The van der Waals surface area contributed by atoms with Crippen LogP contribution in [-0.2, 0) is 11.3 Å². The van der Waals surface area contributed by atoms with E-state index in [1.54, 1.807) is 18.3 Å². The molecule has 0 aliphatic heterocycles. The van der Waals surface area contributed by atoms with E-state index in [9.17, 15) is 9.59 Å². The molecule has 5 nitrogen and oxygen atoms in total. The maximum Gasteiger partial charge on any atom is 0.257 e. The van der Waals surface area contributed by atoms with Gasteiger partial charge in [-0.15, -0.1) is 0 Å². The van der Waals surface area contributed by atoms with E-state index >= 15 is 0 Å². The van der Waals surface area contributed by atoms with Crippen molar-refractivity contribution in [1.82, 2.24) is 10.3 Å². The van der Waals surface area contributed by atoms with Crippen molar-refractivity contribution >= 4 is 17.5 Å². The second-order valence-corrected chi connectivity index (χ2v) is 5.28. The van der Waals surface area contributed by atoms with Crippen molar-refractivity contribution in [2.45, 2.75) is 32.7 Å². The number of carbonyl (C=O) groups is 2. The van der Waals surface area contributed by atoms with Crippen LogP contribution in [0.15, 0.2) is 48.8 Å². The van der Waals surface area contributed by atoms with Crippen LogP contribution in [0, 0.1) is 0 Å². The van der Waals surface area contributed by atoms with Crippen LogP contribution in [0.25, 0.3) is 0 Å². The Morgan fingerprint density at radius 1 is 1.17 bits per heavy atom. The summed E-state index contributed by atoms with van der Waals surface area (Å²) in [6, 6.07) is 10.9. The SMILES string of the molecule is CCCCC(=O)NCc1cccc(NC(=O)c2cccnc2)c1. The Morgan fingerprint density at radius 2 is 2.04 bits per heavy atom. The monoisotopic (exact) mass is 311 g/mol. The molecule has 23 heavy (non-hydrogen) atoms. The average Bonchev–Trinajstić information content (AvgIpc) is 2.59. The van der Waals surface area contributed by atoms with E-state index < -0.39 is 0 Å². The van der Waals surface area contributed by atoms with Gasteiger partial charge in [-0.1, -0.05) is 25.5 Å². The van der Waals surface area contributed by atoms with Crippen LogP contribution < -0.4 is 10.6 Å². The molecule has 1 aromatic carbocycles. The molecule has 0 saturated heterocycles. The number of unbranched alkanes of at least 4 members (excludes halogenated alkanes) is 1. The van der Waals surface area contributed by atoms with Crippen molar-refractivity contribution in [3.05, 3.63) is 59.9 Å². The van der Waals surface area contributed by atoms with Crippen molar-refractivity contribution in [2.24, 2.45) is 0 Å². The number of nitrogens with zero attached hydrogens (tertiary/aromatic N) is 1. The lowest BCUT2D eigenvalue weighted by molar-refractivity contribution is -0.121. The average molecular weight is 311 g/mol. The maximum atomic E-state index is 12.1. The number of aromatic nitrogens is 1. The molecule has 0 spiro atoms. The predicted molar refractivity (Wildman–Crippen MR) is 90.0 cm³/mol. The molecular weight excluding hydrogens is 290 g/mol. The molecule has 1 aromatic heterocycles. The molecule has 0 bridgehead atoms. The van der Waals surface area contributed by atoms with Gasteiger partial charge in [-0.25, -0.2) is 0 Å². The van der Waals surface area contributed by atoms with Crippen molar-refractivity contribution in [2.75, 3.05) is 5.32 Å². The predicted octanol–water partition coefficient (Wildman–Crippen LogP) is 3.14. The summed E-state index contributed by atoms with van der Waals surface area (Å²) in [5.41, 5.74) is 2.14. The Bertz CT molecular complexity index is 656. The fourth-order valence-corrected chi connectivity index (χ4v) is 2.09. The second-order valence-electron chi connectivity index (χ2n) is 5.28. The van der Waals surface area contributed by atoms with Gasteiger partial charge >= 0.3 is 0 Å². The summed E-state index contributed by atoms with van der Waals surface area (Å²) in [6.45, 7) is 2.51. The standard InChI is InChI=1S/C18H21N3O2/c1-2-3-9-17(22)20-12-14-6-4-8-16(11-14)21-18(23)15-7-5-10-19-13-15/h4-8,10-11,13H,2-3,9,12H2,1H3,(H,20,22)(H,21,23). The molecule has 2 amide bonds. The number of hydrogen-bond acceptors (Lipinski definition) is 3. The molecule has 0 atom stereocenters. The molecule has 2 rings (SSSR count). The molecule has 0 saturated carbocycles. The smallest absolute Gasteiger partial charge is 0.257 e. The highest BCUT2D eigenvalue weighted by molar-refractivity contribution is 6.04. The summed E-state index contributed by atoms with van der Waals surface area (Å²) in [5, 5.41) is 5.71. The molecule has 0 aliphatic rings. The molecule has 0 unspecified atom stereocenters. The number of benzene rings is 1. The van der Waals surface area contributed by atoms with Gasteiger partial charge < -0.3 is 10.6 Å². The van der Waals surface area contributed by atoms with Crippen LogP contribution in [0.2, 0.25) is 0 Å². The molecule has 5 heteroatoms. The molecule has 120 valence electrons. The van der Waals surface area contributed by atoms with Crippen LogP contribution in [-0.4, -0.2) is 16.8 Å². The number of anilines is 1. The zero-order chi connectivity index (χ0) is 16.5. The van der Waals surface area contributed by atoms with Crippen LogP contribution in [0.4, 0.5) is 5.69 Å². The van der Waals surface area contributed by atoms with E-state index in [0.717, 1.165) is 18.4 Å². The van der Waals surface area contributed by atoms with Crippen LogP contribution in [0.5, 0.6) is 0 Å². The highest BCUT2D eigenvalue weighted by atomic mass is 16.2. The summed E-state index contributed by atoms with van der Waals surface area (Å²) in [5.74, 6) is -0.154. The van der Waals surface area contributed by atoms with E-state index in [4.69, 9.17) is 0 Å². The quantitative estimate of drug-likeness (QED) is 0.825. The molecule has 2 aromatic rings. The van der Waals surface area contributed by atoms with Gasteiger partial charge in [-0.3, -0.25) is 14.6 Å². The Hall–Kier alpha value is -2.69. The first kappa shape index (κ1) is 16.7. The highest BCUT2D eigenvalue weighted by Gasteiger charge is 2.06. The molecule has 0 fully saturated rings. The Morgan fingerprint density at radius 3 is 2.78 bits per heavy atom. The zero-order valence-electron chi connectivity index (χ0n) is 13.2. The third kappa shape index (κ3) is 5.54. The van der Waals surface area contributed by atoms with E-state index in [1.807, 2.05) is 24.3 Å². The van der Waals surface area contributed by atoms with Crippen molar-refractivity contribution < 1.29 is 9.59 Å². The number of hydrogen-bond donors (Lipinski definition) is 2. The van der Waals surface area contributed by atoms with E-state index in [-0.39, 0.29) is 11.8 Å².